The Morgan fingerprint density at radius 1 is 1.18 bits per heavy atom. The lowest BCUT2D eigenvalue weighted by molar-refractivity contribution is -0.126. The van der Waals surface area contributed by atoms with Crippen LogP contribution >= 0.6 is 0 Å². The molecule has 1 heterocycles. The average molecular weight is 239 g/mol. The van der Waals surface area contributed by atoms with Crippen molar-refractivity contribution in [1.29, 1.82) is 0 Å². The minimum Gasteiger partial charge on any atom is -0.356 e. The molecule has 1 aliphatic heterocycles. The summed E-state index contributed by atoms with van der Waals surface area (Å²) in [6.07, 6.45) is 6.66. The summed E-state index contributed by atoms with van der Waals surface area (Å²) in [5.74, 6) is 0.904. The molecule has 2 atom stereocenters. The van der Waals surface area contributed by atoms with Crippen LogP contribution < -0.4 is 16.4 Å². The van der Waals surface area contributed by atoms with E-state index in [1.54, 1.807) is 0 Å². The second-order valence-electron chi connectivity index (χ2n) is 5.49. The van der Waals surface area contributed by atoms with Gasteiger partial charge in [-0.15, -0.1) is 0 Å². The Morgan fingerprint density at radius 3 is 2.59 bits per heavy atom. The summed E-state index contributed by atoms with van der Waals surface area (Å²) in [6, 6.07) is 0.0803. The van der Waals surface area contributed by atoms with E-state index < -0.39 is 0 Å². The Balaban J connectivity index is 1.72. The lowest BCUT2D eigenvalue weighted by atomic mass is 9.84. The highest BCUT2D eigenvalue weighted by Gasteiger charge is 2.28. The molecule has 4 N–H and O–H groups in total. The standard InChI is InChI=1S/C13H25N3O/c14-12-4-2-1-3-11(12)13(17)16-9-10-5-7-15-8-6-10/h10-12,15H,1-9,14H2,(H,16,17). The third-order valence-corrected chi connectivity index (χ3v) is 4.18. The van der Waals surface area contributed by atoms with Gasteiger partial charge in [-0.05, 0) is 44.7 Å². The lowest BCUT2D eigenvalue weighted by Crippen LogP contribution is -2.45. The molecular weight excluding hydrogens is 214 g/mol. The maximum atomic E-state index is 12.0. The van der Waals surface area contributed by atoms with Crippen LogP contribution in [-0.2, 0) is 4.79 Å². The molecule has 0 spiro atoms. The molecule has 1 saturated carbocycles. The highest BCUT2D eigenvalue weighted by Crippen LogP contribution is 2.23. The van der Waals surface area contributed by atoms with Crippen molar-refractivity contribution in [3.05, 3.63) is 0 Å². The molecule has 0 aromatic rings. The van der Waals surface area contributed by atoms with Gasteiger partial charge in [0.05, 0.1) is 5.92 Å². The van der Waals surface area contributed by atoms with Crippen molar-refractivity contribution in [3.63, 3.8) is 0 Å². The zero-order valence-corrected chi connectivity index (χ0v) is 10.6. The molecule has 17 heavy (non-hydrogen) atoms. The van der Waals surface area contributed by atoms with Crippen LogP contribution in [0.3, 0.4) is 0 Å². The fourth-order valence-electron chi connectivity index (χ4n) is 2.95. The molecule has 4 heteroatoms. The van der Waals surface area contributed by atoms with E-state index in [1.165, 1.54) is 19.3 Å². The fraction of sp³-hybridized carbons (Fsp3) is 0.923. The molecule has 0 bridgehead atoms. The van der Waals surface area contributed by atoms with E-state index in [0.29, 0.717) is 5.92 Å². The zero-order chi connectivity index (χ0) is 12.1. The smallest absolute Gasteiger partial charge is 0.224 e. The Morgan fingerprint density at radius 2 is 1.88 bits per heavy atom. The summed E-state index contributed by atoms with van der Waals surface area (Å²) < 4.78 is 0. The van der Waals surface area contributed by atoms with Gasteiger partial charge in [-0.3, -0.25) is 4.79 Å². The van der Waals surface area contributed by atoms with Gasteiger partial charge in [0.1, 0.15) is 0 Å². The number of carbonyl (C=O) groups excluding carboxylic acids is 1. The quantitative estimate of drug-likeness (QED) is 0.676. The van der Waals surface area contributed by atoms with E-state index in [4.69, 9.17) is 5.73 Å². The number of nitrogens with one attached hydrogen (secondary N) is 2. The van der Waals surface area contributed by atoms with Gasteiger partial charge in [-0.1, -0.05) is 12.8 Å². The topological polar surface area (TPSA) is 67.2 Å². The van der Waals surface area contributed by atoms with E-state index in [1.807, 2.05) is 0 Å². The van der Waals surface area contributed by atoms with Crippen molar-refractivity contribution in [2.75, 3.05) is 19.6 Å². The normalized spacial score (nSPS) is 31.1. The number of carbonyl (C=O) groups is 1. The van der Waals surface area contributed by atoms with Crippen LogP contribution in [-0.4, -0.2) is 31.6 Å². The van der Waals surface area contributed by atoms with Crippen LogP contribution in [0.25, 0.3) is 0 Å². The van der Waals surface area contributed by atoms with Crippen LogP contribution in [0.4, 0.5) is 0 Å². The number of piperidine rings is 1. The van der Waals surface area contributed by atoms with Crippen LogP contribution in [0.15, 0.2) is 0 Å². The Kier molecular flexibility index (Phi) is 4.80. The van der Waals surface area contributed by atoms with E-state index in [0.717, 1.165) is 38.9 Å². The molecular formula is C13H25N3O. The van der Waals surface area contributed by atoms with Crippen molar-refractivity contribution in [2.45, 2.75) is 44.6 Å². The van der Waals surface area contributed by atoms with Gasteiger partial charge in [0.15, 0.2) is 0 Å². The first-order valence-corrected chi connectivity index (χ1v) is 7.01. The average Bonchev–Trinajstić information content (AvgIpc) is 2.38. The number of hydrogen-bond acceptors (Lipinski definition) is 3. The fourth-order valence-corrected chi connectivity index (χ4v) is 2.95. The van der Waals surface area contributed by atoms with Crippen molar-refractivity contribution in [2.24, 2.45) is 17.6 Å². The summed E-state index contributed by atoms with van der Waals surface area (Å²) in [5, 5.41) is 6.45. The number of rotatable bonds is 3. The van der Waals surface area contributed by atoms with E-state index >= 15 is 0 Å². The van der Waals surface area contributed by atoms with Gasteiger partial charge in [0.25, 0.3) is 0 Å². The van der Waals surface area contributed by atoms with Crippen LogP contribution in [0.1, 0.15) is 38.5 Å². The summed E-state index contributed by atoms with van der Waals surface area (Å²) in [5.41, 5.74) is 6.02. The predicted molar refractivity (Wildman–Crippen MR) is 68.5 cm³/mol. The number of amides is 1. The zero-order valence-electron chi connectivity index (χ0n) is 10.6. The minimum atomic E-state index is 0.0606. The molecule has 1 aliphatic carbocycles. The van der Waals surface area contributed by atoms with Crippen LogP contribution in [0.5, 0.6) is 0 Å². The lowest BCUT2D eigenvalue weighted by Gasteiger charge is -2.29. The van der Waals surface area contributed by atoms with E-state index in [2.05, 4.69) is 10.6 Å². The van der Waals surface area contributed by atoms with Crippen molar-refractivity contribution < 1.29 is 4.79 Å². The van der Waals surface area contributed by atoms with E-state index in [-0.39, 0.29) is 17.9 Å². The first kappa shape index (κ1) is 12.8. The third kappa shape index (κ3) is 3.68. The van der Waals surface area contributed by atoms with Gasteiger partial charge in [0, 0.05) is 12.6 Å². The van der Waals surface area contributed by atoms with Gasteiger partial charge in [-0.25, -0.2) is 0 Å². The van der Waals surface area contributed by atoms with Gasteiger partial charge in [0.2, 0.25) is 5.91 Å². The molecule has 0 radical (unpaired) electrons. The highest BCUT2D eigenvalue weighted by molar-refractivity contribution is 5.79. The molecule has 2 aliphatic rings. The van der Waals surface area contributed by atoms with Crippen molar-refractivity contribution in [3.8, 4) is 0 Å². The summed E-state index contributed by atoms with van der Waals surface area (Å²) in [6.45, 7) is 3.01. The second-order valence-corrected chi connectivity index (χ2v) is 5.49. The molecule has 2 fully saturated rings. The third-order valence-electron chi connectivity index (χ3n) is 4.18. The summed E-state index contributed by atoms with van der Waals surface area (Å²) in [4.78, 5) is 12.0. The molecule has 98 valence electrons. The SMILES string of the molecule is NC1CCCCC1C(=O)NCC1CCNCC1. The molecule has 1 amide bonds. The number of hydrogen-bond donors (Lipinski definition) is 3. The van der Waals surface area contributed by atoms with Crippen molar-refractivity contribution >= 4 is 5.91 Å². The highest BCUT2D eigenvalue weighted by atomic mass is 16.1. The Bertz CT molecular complexity index is 251. The minimum absolute atomic E-state index is 0.0606. The first-order chi connectivity index (χ1) is 8.27. The number of nitrogens with two attached hydrogens (primary N) is 1. The monoisotopic (exact) mass is 239 g/mol. The largest absolute Gasteiger partial charge is 0.356 e. The molecule has 0 aromatic heterocycles. The van der Waals surface area contributed by atoms with Crippen molar-refractivity contribution in [1.82, 2.24) is 10.6 Å². The molecule has 0 aromatic carbocycles. The Hall–Kier alpha value is -0.610. The second kappa shape index (κ2) is 6.36. The van der Waals surface area contributed by atoms with Gasteiger partial charge < -0.3 is 16.4 Å². The molecule has 2 unspecified atom stereocenters. The summed E-state index contributed by atoms with van der Waals surface area (Å²) in [7, 11) is 0. The van der Waals surface area contributed by atoms with Gasteiger partial charge in [-0.2, -0.15) is 0 Å². The van der Waals surface area contributed by atoms with Gasteiger partial charge >= 0.3 is 0 Å². The molecule has 1 saturated heterocycles. The predicted octanol–water partition coefficient (Wildman–Crippen LogP) is 0.620. The molecule has 2 rings (SSSR count). The first-order valence-electron chi connectivity index (χ1n) is 7.01. The van der Waals surface area contributed by atoms with E-state index in [9.17, 15) is 4.79 Å². The maximum absolute atomic E-state index is 12.0. The van der Waals surface area contributed by atoms with Crippen LogP contribution in [0.2, 0.25) is 0 Å². The summed E-state index contributed by atoms with van der Waals surface area (Å²) >= 11 is 0. The van der Waals surface area contributed by atoms with Crippen LogP contribution in [0, 0.1) is 11.8 Å². The molecule has 4 nitrogen and oxygen atoms in total. The Labute approximate surface area is 104 Å². The maximum Gasteiger partial charge on any atom is 0.224 e.